The topological polar surface area (TPSA) is 70.8 Å². The highest BCUT2D eigenvalue weighted by atomic mass is 32.1. The van der Waals surface area contributed by atoms with Crippen LogP contribution < -0.4 is 5.56 Å². The number of thiazole rings is 1. The third-order valence-electron chi connectivity index (χ3n) is 3.68. The molecule has 0 fully saturated rings. The molecule has 6 heteroatoms. The third-order valence-corrected chi connectivity index (χ3v) is 4.55. The van der Waals surface area contributed by atoms with Gasteiger partial charge in [-0.05, 0) is 31.2 Å². The summed E-state index contributed by atoms with van der Waals surface area (Å²) in [4.78, 5) is 22.4. The van der Waals surface area contributed by atoms with Crippen LogP contribution in [0.3, 0.4) is 0 Å². The van der Waals surface area contributed by atoms with Gasteiger partial charge in [-0.15, -0.1) is 11.3 Å². The van der Waals surface area contributed by atoms with Gasteiger partial charge in [-0.25, -0.2) is 4.98 Å². The second kappa shape index (κ2) is 9.73. The van der Waals surface area contributed by atoms with Crippen molar-refractivity contribution in [3.8, 4) is 21.8 Å². The van der Waals surface area contributed by atoms with Gasteiger partial charge in [-0.2, -0.15) is 0 Å². The zero-order valence-corrected chi connectivity index (χ0v) is 16.9. The first-order valence-corrected chi connectivity index (χ1v) is 9.63. The lowest BCUT2D eigenvalue weighted by Crippen LogP contribution is -2.06. The molecule has 0 radical (unpaired) electrons. The fraction of sp³-hybridized carbons (Fsp3) is 0.238. The lowest BCUT2D eigenvalue weighted by molar-refractivity contribution is 0.311. The van der Waals surface area contributed by atoms with Crippen molar-refractivity contribution in [3.05, 3.63) is 69.9 Å². The van der Waals surface area contributed by atoms with Gasteiger partial charge in [-0.1, -0.05) is 26.8 Å². The van der Waals surface area contributed by atoms with Crippen LogP contribution >= 0.6 is 11.3 Å². The van der Waals surface area contributed by atoms with Gasteiger partial charge >= 0.3 is 0 Å². The molecule has 0 aliphatic heterocycles. The maximum Gasteiger partial charge on any atom is 0.258 e. The fourth-order valence-corrected chi connectivity index (χ4v) is 3.23. The Labute approximate surface area is 163 Å². The highest BCUT2D eigenvalue weighted by molar-refractivity contribution is 7.13. The molecule has 3 rings (SSSR count). The second-order valence-corrected chi connectivity index (χ2v) is 6.71. The minimum absolute atomic E-state index is 0.142. The summed E-state index contributed by atoms with van der Waals surface area (Å²) in [5.74, 6) is 0.675. The number of aryl methyl sites for hydroxylation is 1. The molecule has 3 aromatic rings. The van der Waals surface area contributed by atoms with Crippen LogP contribution in [0, 0.1) is 6.92 Å². The lowest BCUT2D eigenvalue weighted by Gasteiger charge is -2.02. The fourth-order valence-electron chi connectivity index (χ4n) is 2.39. The monoisotopic (exact) mass is 383 g/mol. The molecule has 0 saturated heterocycles. The van der Waals surface area contributed by atoms with Crippen LogP contribution in [0.25, 0.3) is 27.9 Å². The Bertz CT molecular complexity index is 979. The largest absolute Gasteiger partial charge is 0.497 e. The smallest absolute Gasteiger partial charge is 0.258 e. The number of rotatable bonds is 5. The third kappa shape index (κ3) is 4.86. The van der Waals surface area contributed by atoms with Crippen molar-refractivity contribution in [2.24, 2.45) is 0 Å². The first kappa shape index (κ1) is 20.5. The van der Waals surface area contributed by atoms with Crippen LogP contribution in [0.1, 0.15) is 31.5 Å². The van der Waals surface area contributed by atoms with Crippen molar-refractivity contribution in [1.82, 2.24) is 15.0 Å². The van der Waals surface area contributed by atoms with E-state index >= 15 is 0 Å². The average molecular weight is 384 g/mol. The number of ether oxygens (including phenoxy) is 1. The number of hydrogen-bond acceptors (Lipinski definition) is 4. The summed E-state index contributed by atoms with van der Waals surface area (Å²) in [6, 6.07) is 3.56. The van der Waals surface area contributed by atoms with Crippen molar-refractivity contribution in [3.63, 3.8) is 0 Å². The van der Waals surface area contributed by atoms with Crippen molar-refractivity contribution in [2.45, 2.75) is 27.2 Å². The molecule has 0 saturated carbocycles. The molecule has 0 spiro atoms. The molecule has 27 heavy (non-hydrogen) atoms. The number of H-pyrrole nitrogens is 2. The van der Waals surface area contributed by atoms with E-state index in [1.807, 2.05) is 24.6 Å². The molecule has 3 heterocycles. The molecule has 5 nitrogen and oxygen atoms in total. The number of aromatic amines is 2. The molecule has 0 atom stereocenters. The van der Waals surface area contributed by atoms with E-state index in [0.717, 1.165) is 22.5 Å². The van der Waals surface area contributed by atoms with Crippen LogP contribution in [-0.2, 0) is 4.74 Å². The Morgan fingerprint density at radius 3 is 2.70 bits per heavy atom. The summed E-state index contributed by atoms with van der Waals surface area (Å²) in [6.07, 6.45) is 8.35. The van der Waals surface area contributed by atoms with E-state index in [0.29, 0.717) is 16.3 Å². The number of methoxy groups -OCH3 is 1. The normalized spacial score (nSPS) is 10.9. The summed E-state index contributed by atoms with van der Waals surface area (Å²) in [6.45, 7) is 9.98. The number of hydrogen-bond donors (Lipinski definition) is 2. The number of nitrogens with one attached hydrogen (secondary N) is 2. The van der Waals surface area contributed by atoms with Crippen molar-refractivity contribution < 1.29 is 4.74 Å². The van der Waals surface area contributed by atoms with Crippen molar-refractivity contribution >= 4 is 17.4 Å². The predicted octanol–water partition coefficient (Wildman–Crippen LogP) is 5.39. The van der Waals surface area contributed by atoms with Crippen LogP contribution in [-0.4, -0.2) is 22.1 Å². The molecule has 142 valence electrons. The van der Waals surface area contributed by atoms with E-state index < -0.39 is 0 Å². The lowest BCUT2D eigenvalue weighted by atomic mass is 10.1. The average Bonchev–Trinajstić information content (AvgIpc) is 3.28. The first-order chi connectivity index (χ1) is 13.0. The summed E-state index contributed by atoms with van der Waals surface area (Å²) < 4.78 is 5.27. The van der Waals surface area contributed by atoms with Gasteiger partial charge in [0.25, 0.3) is 5.56 Å². The standard InChI is InChI=1S/C18H17N3O2S.C3H8/c1-4-12(23-3)8-14-11(2)20-9-15(14)16-10-24-18(21-16)13-6-5-7-19-17(13)22;1-3-2/h4-10,20H,1H2,2-3H3,(H,19,22);3H2,1-2H3/b12-8+;. The number of allylic oxidation sites excluding steroid dienone is 1. The number of pyridine rings is 1. The second-order valence-electron chi connectivity index (χ2n) is 5.85. The molecular formula is C21H25N3O2S. The van der Waals surface area contributed by atoms with Gasteiger partial charge in [0.15, 0.2) is 0 Å². The first-order valence-electron chi connectivity index (χ1n) is 8.75. The quantitative estimate of drug-likeness (QED) is 0.458. The predicted molar refractivity (Wildman–Crippen MR) is 114 cm³/mol. The molecule has 0 bridgehead atoms. The maximum atomic E-state index is 11.9. The molecule has 0 aliphatic rings. The van der Waals surface area contributed by atoms with E-state index in [-0.39, 0.29) is 5.56 Å². The van der Waals surface area contributed by atoms with Gasteiger partial charge in [0.2, 0.25) is 0 Å². The van der Waals surface area contributed by atoms with Gasteiger partial charge in [0.1, 0.15) is 10.8 Å². The molecule has 3 aromatic heterocycles. The number of nitrogens with zero attached hydrogens (tertiary/aromatic N) is 1. The SMILES string of the molecule is C=C/C(=C\c1c(-c2csc(-c3ccc[nH]c3=O)n2)c[nH]c1C)OC.CCC. The van der Waals surface area contributed by atoms with Crippen LogP contribution in [0.2, 0.25) is 0 Å². The van der Waals surface area contributed by atoms with Gasteiger partial charge in [0.05, 0.1) is 18.4 Å². The summed E-state index contributed by atoms with van der Waals surface area (Å²) in [7, 11) is 1.61. The van der Waals surface area contributed by atoms with Crippen molar-refractivity contribution in [1.29, 1.82) is 0 Å². The van der Waals surface area contributed by atoms with E-state index in [4.69, 9.17) is 4.74 Å². The van der Waals surface area contributed by atoms with E-state index in [2.05, 4.69) is 35.4 Å². The zero-order chi connectivity index (χ0) is 19.8. The summed E-state index contributed by atoms with van der Waals surface area (Å²) in [5, 5.41) is 2.64. The Kier molecular flexibility index (Phi) is 7.37. The van der Waals surface area contributed by atoms with Crippen molar-refractivity contribution in [2.75, 3.05) is 7.11 Å². The van der Waals surface area contributed by atoms with Gasteiger partial charge < -0.3 is 14.7 Å². The number of aromatic nitrogens is 3. The molecule has 0 aromatic carbocycles. The molecule has 0 aliphatic carbocycles. The highest BCUT2D eigenvalue weighted by Crippen LogP contribution is 2.31. The maximum absolute atomic E-state index is 11.9. The Hall–Kier alpha value is -2.86. The van der Waals surface area contributed by atoms with E-state index in [9.17, 15) is 4.79 Å². The minimum atomic E-state index is -0.142. The van der Waals surface area contributed by atoms with Crippen LogP contribution in [0.15, 0.2) is 53.1 Å². The minimum Gasteiger partial charge on any atom is -0.497 e. The van der Waals surface area contributed by atoms with Gasteiger partial charge in [-0.3, -0.25) is 4.79 Å². The van der Waals surface area contributed by atoms with Crippen LogP contribution in [0.4, 0.5) is 0 Å². The summed E-state index contributed by atoms with van der Waals surface area (Å²) in [5.41, 5.74) is 4.20. The van der Waals surface area contributed by atoms with Gasteiger partial charge in [0, 0.05) is 34.6 Å². The molecule has 2 N–H and O–H groups in total. The molecular weight excluding hydrogens is 358 g/mol. The Morgan fingerprint density at radius 2 is 2.07 bits per heavy atom. The molecule has 0 amide bonds. The Balaban J connectivity index is 0.000000817. The molecule has 0 unspecified atom stereocenters. The van der Waals surface area contributed by atoms with E-state index in [1.54, 1.807) is 31.5 Å². The van der Waals surface area contributed by atoms with E-state index in [1.165, 1.54) is 17.8 Å². The van der Waals surface area contributed by atoms with Crippen LogP contribution in [0.5, 0.6) is 0 Å². The summed E-state index contributed by atoms with van der Waals surface area (Å²) >= 11 is 1.44. The zero-order valence-electron chi connectivity index (χ0n) is 16.1. The Morgan fingerprint density at radius 1 is 1.33 bits per heavy atom. The highest BCUT2D eigenvalue weighted by Gasteiger charge is 2.14.